The number of phenolic OH excluding ortho intramolecular Hbond substituents is 8. The summed E-state index contributed by atoms with van der Waals surface area (Å²) in [6, 6.07) is 70.2. The highest BCUT2D eigenvalue weighted by atomic mass is 35.5. The normalized spacial score (nSPS) is 11.4. The van der Waals surface area contributed by atoms with Gasteiger partial charge in [-0.2, -0.15) is 13.2 Å². The predicted octanol–water partition coefficient (Wildman–Crippen LogP) is 24.1. The maximum atomic E-state index is 12.8. The molecule has 0 heterocycles. The van der Waals surface area contributed by atoms with Gasteiger partial charge in [-0.3, -0.25) is 9.59 Å². The average Bonchev–Trinajstić information content (AvgIpc) is 0.786. The number of amides is 2. The summed E-state index contributed by atoms with van der Waals surface area (Å²) < 4.78 is 43.3. The van der Waals surface area contributed by atoms with Crippen molar-refractivity contribution in [1.82, 2.24) is 0 Å². The number of alkyl halides is 3. The van der Waals surface area contributed by atoms with Crippen LogP contribution in [0.4, 0.5) is 75.7 Å². The number of aryl methyl sites for hydroxylation is 1. The number of aliphatic imine (C=N–C) groups is 1. The van der Waals surface area contributed by atoms with Crippen LogP contribution in [0.1, 0.15) is 31.8 Å². The number of benzene rings is 14. The highest BCUT2D eigenvalue weighted by Gasteiger charge is 2.31. The molecule has 27 heteroatoms. The van der Waals surface area contributed by atoms with Crippen molar-refractivity contribution in [3.8, 4) is 46.0 Å². The zero-order chi connectivity index (χ0) is 77.3. The van der Waals surface area contributed by atoms with E-state index < -0.39 is 23.6 Å². The molecule has 0 aliphatic carbocycles. The van der Waals surface area contributed by atoms with Crippen LogP contribution >= 0.6 is 23.2 Å². The fourth-order valence-corrected chi connectivity index (χ4v) is 11.0. The lowest BCUT2D eigenvalue weighted by Gasteiger charge is -2.11. The van der Waals surface area contributed by atoms with Crippen molar-refractivity contribution < 1.29 is 68.3 Å². The molecule has 0 saturated carbocycles. The Morgan fingerprint density at radius 3 is 1.33 bits per heavy atom. The molecule has 10 N–H and O–H groups in total. The first-order valence-electron chi connectivity index (χ1n) is 32.6. The molecular weight excluding hydrogens is 1440 g/mol. The molecule has 0 bridgehead atoms. The summed E-state index contributed by atoms with van der Waals surface area (Å²) in [5.74, 6) is -2.09. The first-order valence-corrected chi connectivity index (χ1v) is 33.3. The molecule has 109 heavy (non-hydrogen) atoms. The molecule has 0 radical (unpaired) electrons. The number of methoxy groups -OCH3 is 1. The van der Waals surface area contributed by atoms with E-state index in [0.717, 1.165) is 28.5 Å². The second-order valence-electron chi connectivity index (χ2n) is 23.5. The summed E-state index contributed by atoms with van der Waals surface area (Å²) in [6.45, 7) is 1.87. The van der Waals surface area contributed by atoms with E-state index in [4.69, 9.17) is 27.9 Å². The minimum absolute atomic E-state index is 0.00870. The van der Waals surface area contributed by atoms with Crippen molar-refractivity contribution in [2.75, 3.05) is 17.7 Å². The molecular formula is C82H60Cl2F3N11O11. The van der Waals surface area contributed by atoms with E-state index in [1.165, 1.54) is 74.2 Å². The van der Waals surface area contributed by atoms with Crippen LogP contribution in [-0.4, -0.2) is 66.2 Å². The number of carbonyl (C=O) groups excluding carboxylic acids is 2. The molecule has 0 atom stereocenters. The number of para-hydroxylation sites is 3. The van der Waals surface area contributed by atoms with E-state index in [2.05, 4.69) is 56.5 Å². The summed E-state index contributed by atoms with van der Waals surface area (Å²) in [5.41, 5.74) is 3.39. The van der Waals surface area contributed by atoms with E-state index in [9.17, 15) is 63.6 Å². The number of carbonyl (C=O) groups is 2. The van der Waals surface area contributed by atoms with Crippen molar-refractivity contribution in [2.45, 2.75) is 13.1 Å². The lowest BCUT2D eigenvalue weighted by atomic mass is 10.0. The molecule has 0 aliphatic rings. The Labute approximate surface area is 628 Å². The Bertz CT molecular complexity index is 5900. The van der Waals surface area contributed by atoms with E-state index >= 15 is 0 Å². The standard InChI is InChI=1S/C23H16ClN3O3.C23H17N3O3.C19H17N3O3.C17H10ClF3N2O2/c24-15-10-11-20(28)19(13-15)26-27-21-17-9-5-4-6-14(17)12-18(22(21)29)23(30)25-16-7-2-1-3-8-16;27-20-13-7-6-12-19(20)25-26-21-17-11-5-4-8-15(17)14-18(22(21)28)23(29)24-16-9-2-1-3-10-16;1-12-6-8-14(17(24)10-12)21-22-19-16(23)9-7-13-4-3-5-15(18(13)19)20-11-25-2;18-11-3-6-14(24)13(8-11)22-23-16-12-4-2-10(17(19,20)21)7-9(12)1-5-15(16)25/h1-13,28-29H,(H,25,30);1-14,27-28H,(H,24,29);3-11,23-24H,1-2H3;1-8,24-25H. The van der Waals surface area contributed by atoms with Gasteiger partial charge in [0.05, 0.1) is 29.5 Å². The van der Waals surface area contributed by atoms with Crippen molar-refractivity contribution in [1.29, 1.82) is 0 Å². The number of azo groups is 4. The van der Waals surface area contributed by atoms with Gasteiger partial charge >= 0.3 is 6.18 Å². The van der Waals surface area contributed by atoms with E-state index in [0.29, 0.717) is 59.7 Å². The lowest BCUT2D eigenvalue weighted by Crippen LogP contribution is -2.12. The Kier molecular flexibility index (Phi) is 24.0. The molecule has 14 aromatic rings. The maximum absolute atomic E-state index is 12.8. The summed E-state index contributed by atoms with van der Waals surface area (Å²) in [4.78, 5) is 29.8. The van der Waals surface area contributed by atoms with Gasteiger partial charge in [-0.05, 0) is 161 Å². The monoisotopic (exact) mass is 1500 g/mol. The molecule has 0 aliphatic heterocycles. The second kappa shape index (κ2) is 34.5. The van der Waals surface area contributed by atoms with Crippen LogP contribution in [0, 0.1) is 6.92 Å². The molecule has 0 fully saturated rings. The van der Waals surface area contributed by atoms with Gasteiger partial charge in [0.1, 0.15) is 80.0 Å². The van der Waals surface area contributed by atoms with Crippen molar-refractivity contribution in [3.05, 3.63) is 293 Å². The van der Waals surface area contributed by atoms with Crippen molar-refractivity contribution >= 4 is 147 Å². The van der Waals surface area contributed by atoms with Crippen LogP contribution in [0.15, 0.2) is 307 Å². The number of hydrogen-bond donors (Lipinski definition) is 10. The fraction of sp³-hybridized carbons (Fsp3) is 0.0366. The van der Waals surface area contributed by atoms with E-state index in [1.54, 1.807) is 115 Å². The third kappa shape index (κ3) is 18.8. The molecule has 0 spiro atoms. The summed E-state index contributed by atoms with van der Waals surface area (Å²) in [6.07, 6.45) is -3.16. The molecule has 0 aromatic heterocycles. The third-order valence-electron chi connectivity index (χ3n) is 16.0. The molecule has 0 unspecified atom stereocenters. The lowest BCUT2D eigenvalue weighted by molar-refractivity contribution is -0.137. The number of phenols is 8. The van der Waals surface area contributed by atoms with Crippen LogP contribution < -0.4 is 10.6 Å². The molecule has 2 amide bonds. The van der Waals surface area contributed by atoms with Gasteiger partial charge in [-0.15, -0.1) is 40.9 Å². The van der Waals surface area contributed by atoms with Crippen LogP contribution in [0.25, 0.3) is 43.1 Å². The van der Waals surface area contributed by atoms with Crippen molar-refractivity contribution in [3.63, 3.8) is 0 Å². The number of halogens is 5. The van der Waals surface area contributed by atoms with Gasteiger partial charge in [-0.1, -0.05) is 157 Å². The average molecular weight is 1500 g/mol. The molecule has 0 saturated heterocycles. The number of fused-ring (bicyclic) bond motifs is 4. The van der Waals surface area contributed by atoms with Crippen LogP contribution in [0.5, 0.6) is 46.0 Å². The quantitative estimate of drug-likeness (QED) is 0.0277. The first kappa shape index (κ1) is 75.8. The van der Waals surface area contributed by atoms with Gasteiger partial charge in [0.2, 0.25) is 0 Å². The first-order chi connectivity index (χ1) is 52.5. The summed E-state index contributed by atoms with van der Waals surface area (Å²) in [5, 5.41) is 125. The topological polar surface area (TPSA) is 341 Å². The highest BCUT2D eigenvalue weighted by Crippen LogP contribution is 2.46. The maximum Gasteiger partial charge on any atom is 0.416 e. The number of ether oxygens (including phenoxy) is 1. The van der Waals surface area contributed by atoms with Gasteiger partial charge in [0, 0.05) is 43.0 Å². The Morgan fingerprint density at radius 1 is 0.376 bits per heavy atom. The zero-order valence-corrected chi connectivity index (χ0v) is 58.6. The number of hydrogen-bond acceptors (Lipinski definition) is 20. The van der Waals surface area contributed by atoms with Gasteiger partial charge in [-0.25, -0.2) is 4.99 Å². The fourth-order valence-electron chi connectivity index (χ4n) is 10.7. The smallest absolute Gasteiger partial charge is 0.416 e. The second-order valence-corrected chi connectivity index (χ2v) is 24.4. The summed E-state index contributed by atoms with van der Waals surface area (Å²) in [7, 11) is 1.51. The molecule has 544 valence electrons. The summed E-state index contributed by atoms with van der Waals surface area (Å²) >= 11 is 11.8. The Balaban J connectivity index is 0.000000145. The Morgan fingerprint density at radius 2 is 0.798 bits per heavy atom. The molecule has 14 aromatic carbocycles. The SMILES string of the molecule is COC=Nc1cccc2ccc(O)c(N=Nc3ccc(C)cc3O)c12.O=C(Nc1ccccc1)c1cc2ccccc2c(N=Nc2cc(Cl)ccc2O)c1O.O=C(Nc1ccccc1)c1cc2ccccc2c(N=Nc2ccccc2O)c1O.Oc1ccc(Cl)cc1N=Nc1c(O)ccc2cc(C(F)(F)F)ccc12. The number of aromatic hydroxyl groups is 8. The van der Waals surface area contributed by atoms with Crippen LogP contribution in [0.2, 0.25) is 10.0 Å². The zero-order valence-electron chi connectivity index (χ0n) is 57.1. The van der Waals surface area contributed by atoms with E-state index in [1.807, 2.05) is 79.7 Å². The third-order valence-corrected chi connectivity index (χ3v) is 16.5. The number of nitrogens with zero attached hydrogens (tertiary/aromatic N) is 9. The predicted molar refractivity (Wildman–Crippen MR) is 415 cm³/mol. The largest absolute Gasteiger partial charge is 0.506 e. The highest BCUT2D eigenvalue weighted by molar-refractivity contribution is 6.31. The molecule has 14 rings (SSSR count). The molecule has 22 nitrogen and oxygen atoms in total. The number of anilines is 2. The minimum atomic E-state index is -4.47. The van der Waals surface area contributed by atoms with Gasteiger partial charge in [0.25, 0.3) is 11.8 Å². The van der Waals surface area contributed by atoms with E-state index in [-0.39, 0.29) is 102 Å². The minimum Gasteiger partial charge on any atom is -0.506 e. The van der Waals surface area contributed by atoms with Crippen LogP contribution in [-0.2, 0) is 10.9 Å². The Hall–Kier alpha value is -14.3. The van der Waals surface area contributed by atoms with Gasteiger partial charge in [0.15, 0.2) is 17.9 Å². The van der Waals surface area contributed by atoms with Crippen molar-refractivity contribution in [2.24, 2.45) is 45.9 Å². The number of rotatable bonds is 14. The van der Waals surface area contributed by atoms with Gasteiger partial charge < -0.3 is 56.2 Å². The number of nitrogens with one attached hydrogen (secondary N) is 2. The van der Waals surface area contributed by atoms with Crippen LogP contribution in [0.3, 0.4) is 0 Å².